The minimum Gasteiger partial charge on any atom is -0.487 e. The van der Waals surface area contributed by atoms with Crippen molar-refractivity contribution in [2.45, 2.75) is 83.5 Å². The molecule has 0 radical (unpaired) electrons. The lowest BCUT2D eigenvalue weighted by molar-refractivity contribution is -0.153. The van der Waals surface area contributed by atoms with Gasteiger partial charge < -0.3 is 24.6 Å². The maximum absolute atomic E-state index is 12.5. The molecule has 0 aliphatic carbocycles. The summed E-state index contributed by atoms with van der Waals surface area (Å²) in [5, 5.41) is 2.84. The average Bonchev–Trinajstić information content (AvgIpc) is 2.89. The summed E-state index contributed by atoms with van der Waals surface area (Å²) in [7, 11) is -4.39. The molecule has 0 saturated heterocycles. The van der Waals surface area contributed by atoms with Crippen molar-refractivity contribution in [2.75, 3.05) is 6.61 Å². The van der Waals surface area contributed by atoms with Gasteiger partial charge in [-0.25, -0.2) is 0 Å². The van der Waals surface area contributed by atoms with Gasteiger partial charge in [-0.1, -0.05) is 63.7 Å². The first kappa shape index (κ1) is 33.3. The largest absolute Gasteiger partial charge is 0.487 e. The smallest absolute Gasteiger partial charge is 0.422 e. The van der Waals surface area contributed by atoms with E-state index < -0.39 is 26.4 Å². The highest BCUT2D eigenvalue weighted by atomic mass is 31.2. The number of pyridine rings is 1. The second-order valence-electron chi connectivity index (χ2n) is 9.50. The molecule has 8 nitrogen and oxygen atoms in total. The molecule has 0 saturated carbocycles. The van der Waals surface area contributed by atoms with Crippen LogP contribution in [0, 0.1) is 0 Å². The number of ether oxygens (including phenoxy) is 2. The van der Waals surface area contributed by atoms with Gasteiger partial charge in [0.2, 0.25) is 5.91 Å². The number of halogens is 3. The van der Waals surface area contributed by atoms with Gasteiger partial charge in [0.15, 0.2) is 6.61 Å². The molecular weight excluding hydrogens is 548 g/mol. The van der Waals surface area contributed by atoms with E-state index in [0.29, 0.717) is 24.3 Å². The molecule has 12 heteroatoms. The highest BCUT2D eigenvalue weighted by Gasteiger charge is 2.28. The zero-order valence-corrected chi connectivity index (χ0v) is 23.5. The van der Waals surface area contributed by atoms with Gasteiger partial charge in [0, 0.05) is 24.5 Å². The number of benzene rings is 1. The van der Waals surface area contributed by atoms with Crippen LogP contribution in [-0.4, -0.2) is 39.5 Å². The zero-order chi connectivity index (χ0) is 29.4. The molecule has 0 spiro atoms. The fourth-order valence-electron chi connectivity index (χ4n) is 3.83. The molecule has 1 aromatic carbocycles. The molecular formula is C28H38F3N2O6P. The number of nitrogens with one attached hydrogen (secondary N) is 1. The van der Waals surface area contributed by atoms with Crippen LogP contribution in [0.2, 0.25) is 0 Å². The third kappa shape index (κ3) is 15.6. The highest BCUT2D eigenvalue weighted by molar-refractivity contribution is 7.55. The predicted octanol–water partition coefficient (Wildman–Crippen LogP) is 6.46. The van der Waals surface area contributed by atoms with Crippen molar-refractivity contribution in [2.24, 2.45) is 0 Å². The van der Waals surface area contributed by atoms with E-state index in [2.05, 4.69) is 17.2 Å². The Kier molecular flexibility index (Phi) is 14.2. The van der Waals surface area contributed by atoms with Gasteiger partial charge in [-0.2, -0.15) is 13.2 Å². The molecule has 0 bridgehead atoms. The van der Waals surface area contributed by atoms with E-state index in [4.69, 9.17) is 9.47 Å². The van der Waals surface area contributed by atoms with Crippen LogP contribution in [0.1, 0.15) is 69.5 Å². The number of rotatable bonds is 18. The number of hydrogen-bond acceptors (Lipinski definition) is 5. The van der Waals surface area contributed by atoms with E-state index in [1.54, 1.807) is 24.3 Å². The van der Waals surface area contributed by atoms with Crippen molar-refractivity contribution in [3.63, 3.8) is 0 Å². The number of carbonyl (C=O) groups excluding carboxylic acids is 1. The second kappa shape index (κ2) is 17.0. The minimum atomic E-state index is -4.44. The van der Waals surface area contributed by atoms with Gasteiger partial charge in [-0.05, 0) is 36.6 Å². The van der Waals surface area contributed by atoms with Crippen LogP contribution < -0.4 is 14.8 Å². The molecule has 1 aromatic heterocycles. The number of hydrogen-bond donors (Lipinski definition) is 3. The van der Waals surface area contributed by atoms with E-state index in [1.807, 2.05) is 0 Å². The van der Waals surface area contributed by atoms with Crippen molar-refractivity contribution in [3.8, 4) is 11.5 Å². The summed E-state index contributed by atoms with van der Waals surface area (Å²) in [4.78, 5) is 35.0. The van der Waals surface area contributed by atoms with Gasteiger partial charge in [0.25, 0.3) is 0 Å². The Labute approximate surface area is 233 Å². The van der Waals surface area contributed by atoms with E-state index in [1.165, 1.54) is 43.7 Å². The van der Waals surface area contributed by atoms with Crippen molar-refractivity contribution < 1.29 is 41.8 Å². The third-order valence-corrected chi connectivity index (χ3v) is 6.38. The lowest BCUT2D eigenvalue weighted by Crippen LogP contribution is -2.34. The molecule has 40 heavy (non-hydrogen) atoms. The van der Waals surface area contributed by atoms with Gasteiger partial charge in [-0.3, -0.25) is 14.3 Å². The van der Waals surface area contributed by atoms with E-state index in [-0.39, 0.29) is 18.3 Å². The molecule has 1 heterocycles. The Morgan fingerprint density at radius 3 is 2.35 bits per heavy atom. The summed E-state index contributed by atoms with van der Waals surface area (Å²) in [5.74, 6) is 1.13. The van der Waals surface area contributed by atoms with Crippen LogP contribution in [0.25, 0.3) is 0 Å². The van der Waals surface area contributed by atoms with Crippen LogP contribution in [0.5, 0.6) is 11.5 Å². The SMILES string of the molecule is CCCCCCCCCC(=O)N[C@@H](/C=C/P(=O)(O)O)Cc1ccc(OCc2cc(OCC(F)(F)F)ccn2)cc1. The number of amides is 1. The standard InChI is InChI=1S/C28H38F3N2O6P/c1-2-3-4-5-6-7-8-9-27(34)33-23(15-17-40(35,36)37)18-22-10-12-25(13-11-22)38-20-24-19-26(14-16-32-24)39-21-28(29,30)31/h10-17,19,23H,2-9,18,20-21H2,1H3,(H,33,34)(H2,35,36,37)/b17-15+/t23-/m0/s1. The Morgan fingerprint density at radius 1 is 1.02 bits per heavy atom. The Bertz CT molecular complexity index is 1110. The molecule has 0 aliphatic heterocycles. The van der Waals surface area contributed by atoms with Gasteiger partial charge in [-0.15, -0.1) is 0 Å². The van der Waals surface area contributed by atoms with Crippen LogP contribution in [0.3, 0.4) is 0 Å². The molecule has 0 fully saturated rings. The zero-order valence-electron chi connectivity index (χ0n) is 22.6. The van der Waals surface area contributed by atoms with Gasteiger partial charge in [0.1, 0.15) is 18.1 Å². The molecule has 2 rings (SSSR count). The van der Waals surface area contributed by atoms with E-state index >= 15 is 0 Å². The molecule has 0 aliphatic rings. The maximum Gasteiger partial charge on any atom is 0.422 e. The topological polar surface area (TPSA) is 118 Å². The van der Waals surface area contributed by atoms with Crippen molar-refractivity contribution in [3.05, 3.63) is 65.7 Å². The summed E-state index contributed by atoms with van der Waals surface area (Å²) >= 11 is 0. The monoisotopic (exact) mass is 586 g/mol. The Balaban J connectivity index is 1.89. The second-order valence-corrected chi connectivity index (χ2v) is 11.0. The summed E-state index contributed by atoms with van der Waals surface area (Å²) < 4.78 is 58.8. The molecule has 0 unspecified atom stereocenters. The predicted molar refractivity (Wildman–Crippen MR) is 146 cm³/mol. The number of aromatic nitrogens is 1. The first-order valence-electron chi connectivity index (χ1n) is 13.3. The fraction of sp³-hybridized carbons (Fsp3) is 0.500. The molecule has 2 aromatic rings. The highest BCUT2D eigenvalue weighted by Crippen LogP contribution is 2.36. The molecule has 3 N–H and O–H groups in total. The van der Waals surface area contributed by atoms with Crippen molar-refractivity contribution >= 4 is 13.5 Å². The lowest BCUT2D eigenvalue weighted by atomic mass is 10.0. The van der Waals surface area contributed by atoms with E-state index in [9.17, 15) is 32.3 Å². The first-order chi connectivity index (χ1) is 18.9. The Hall–Kier alpha value is -2.88. The quantitative estimate of drug-likeness (QED) is 0.136. The van der Waals surface area contributed by atoms with Crippen molar-refractivity contribution in [1.29, 1.82) is 0 Å². The van der Waals surface area contributed by atoms with Gasteiger partial charge >= 0.3 is 13.8 Å². The lowest BCUT2D eigenvalue weighted by Gasteiger charge is -2.16. The summed E-state index contributed by atoms with van der Waals surface area (Å²) in [6, 6.07) is 8.97. The normalized spacial score (nSPS) is 12.8. The van der Waals surface area contributed by atoms with Gasteiger partial charge in [0.05, 0.1) is 11.7 Å². The summed E-state index contributed by atoms with van der Waals surface area (Å²) in [5.41, 5.74) is 1.18. The number of alkyl halides is 3. The molecule has 222 valence electrons. The average molecular weight is 587 g/mol. The summed E-state index contributed by atoms with van der Waals surface area (Å²) in [6.45, 7) is 0.766. The Morgan fingerprint density at radius 2 is 1.70 bits per heavy atom. The molecule has 1 amide bonds. The minimum absolute atomic E-state index is 0.00483. The van der Waals surface area contributed by atoms with E-state index in [0.717, 1.165) is 37.1 Å². The third-order valence-electron chi connectivity index (χ3n) is 5.82. The van der Waals surface area contributed by atoms with Crippen LogP contribution in [0.4, 0.5) is 13.2 Å². The van der Waals surface area contributed by atoms with Crippen LogP contribution in [-0.2, 0) is 22.4 Å². The maximum atomic E-state index is 12.5. The number of unbranched alkanes of at least 4 members (excludes halogenated alkanes) is 6. The summed E-state index contributed by atoms with van der Waals surface area (Å²) in [6.07, 6.45) is 6.40. The first-order valence-corrected chi connectivity index (χ1v) is 15.0. The van der Waals surface area contributed by atoms with Crippen molar-refractivity contribution in [1.82, 2.24) is 10.3 Å². The number of nitrogens with zero attached hydrogens (tertiary/aromatic N) is 1. The number of carbonyl (C=O) groups is 1. The molecule has 1 atom stereocenters. The van der Waals surface area contributed by atoms with Crippen LogP contribution >= 0.6 is 7.60 Å². The van der Waals surface area contributed by atoms with Crippen LogP contribution in [0.15, 0.2) is 54.5 Å². The fourth-order valence-corrected chi connectivity index (χ4v) is 4.26.